The second kappa shape index (κ2) is 9.07. The van der Waals surface area contributed by atoms with Crippen LogP contribution in [0.5, 0.6) is 5.75 Å². The average molecular weight is 420 g/mol. The molecule has 0 aliphatic heterocycles. The van der Waals surface area contributed by atoms with Crippen molar-refractivity contribution in [3.8, 4) is 5.75 Å². The molecule has 3 rings (SSSR count). The number of nitrogens with zero attached hydrogens (tertiary/aromatic N) is 4. The molecule has 1 aromatic carbocycles. The molecule has 0 aliphatic carbocycles. The quantitative estimate of drug-likeness (QED) is 0.562. The summed E-state index contributed by atoms with van der Waals surface area (Å²) in [5.74, 6) is 0.994. The van der Waals surface area contributed by atoms with E-state index in [4.69, 9.17) is 4.74 Å². The molecule has 2 heterocycles. The summed E-state index contributed by atoms with van der Waals surface area (Å²) in [5, 5.41) is 9.66. The van der Waals surface area contributed by atoms with Crippen LogP contribution in [0.1, 0.15) is 26.0 Å². The van der Waals surface area contributed by atoms with Gasteiger partial charge in [-0.25, -0.2) is 14.9 Å². The van der Waals surface area contributed by atoms with Crippen LogP contribution in [0, 0.1) is 0 Å². The highest BCUT2D eigenvalue weighted by molar-refractivity contribution is 7.98. The number of hydrogen-bond acceptors (Lipinski definition) is 7. The second-order valence-electron chi connectivity index (χ2n) is 5.90. The highest BCUT2D eigenvalue weighted by Gasteiger charge is 2.21. The van der Waals surface area contributed by atoms with Crippen LogP contribution in [-0.4, -0.2) is 32.8 Å². The van der Waals surface area contributed by atoms with E-state index in [1.807, 2.05) is 30.5 Å². The van der Waals surface area contributed by atoms with Gasteiger partial charge in [-0.15, -0.1) is 16.4 Å². The number of anilines is 2. The fourth-order valence-electron chi connectivity index (χ4n) is 2.66. The van der Waals surface area contributed by atoms with Crippen molar-refractivity contribution < 1.29 is 9.53 Å². The number of hydrogen-bond donors (Lipinski definition) is 1. The average Bonchev–Trinajstić information content (AvgIpc) is 3.28. The number of benzene rings is 1. The largest absolute Gasteiger partial charge is 0.495 e. The number of para-hydroxylation sites is 2. The van der Waals surface area contributed by atoms with E-state index in [1.54, 1.807) is 22.6 Å². The molecule has 0 unspecified atom stereocenters. The van der Waals surface area contributed by atoms with Crippen LogP contribution in [0.4, 0.5) is 10.8 Å². The highest BCUT2D eigenvalue weighted by atomic mass is 32.2. The Balaban J connectivity index is 1.80. The van der Waals surface area contributed by atoms with Crippen LogP contribution in [0.15, 0.2) is 39.6 Å². The number of methoxy groups -OCH3 is 1. The van der Waals surface area contributed by atoms with Gasteiger partial charge in [-0.05, 0) is 18.6 Å². The van der Waals surface area contributed by atoms with Crippen molar-refractivity contribution in [2.45, 2.75) is 37.7 Å². The van der Waals surface area contributed by atoms with Crippen LogP contribution in [0.3, 0.4) is 0 Å². The number of aromatic nitrogens is 4. The summed E-state index contributed by atoms with van der Waals surface area (Å²) in [6, 6.07) is 7.33. The zero-order valence-electron chi connectivity index (χ0n) is 15.8. The number of carbonyl (C=O) groups excluding carboxylic acids is 1. The summed E-state index contributed by atoms with van der Waals surface area (Å²) in [6.07, 6.45) is 0.848. The summed E-state index contributed by atoms with van der Waals surface area (Å²) in [4.78, 5) is 30.2. The smallest absolute Gasteiger partial charge is 0.343 e. The van der Waals surface area contributed by atoms with Gasteiger partial charge in [0.05, 0.1) is 18.5 Å². The van der Waals surface area contributed by atoms with Gasteiger partial charge in [0.2, 0.25) is 5.91 Å². The number of amides is 1. The van der Waals surface area contributed by atoms with Gasteiger partial charge in [-0.2, -0.15) is 0 Å². The van der Waals surface area contributed by atoms with E-state index in [2.05, 4.69) is 15.2 Å². The number of H-pyrrole nitrogens is 1. The van der Waals surface area contributed by atoms with Gasteiger partial charge in [-0.1, -0.05) is 30.8 Å². The van der Waals surface area contributed by atoms with Gasteiger partial charge in [0, 0.05) is 24.6 Å². The van der Waals surface area contributed by atoms with Crippen molar-refractivity contribution in [1.82, 2.24) is 19.7 Å². The predicted octanol–water partition coefficient (Wildman–Crippen LogP) is 3.42. The van der Waals surface area contributed by atoms with Crippen molar-refractivity contribution >= 4 is 39.8 Å². The molecule has 0 atom stereocenters. The maximum Gasteiger partial charge on any atom is 0.343 e. The zero-order valence-corrected chi connectivity index (χ0v) is 17.5. The SMILES string of the molecule is CCCn1c(SCc2csc(N(C(C)=O)c3ccccc3OC)n2)n[nH]c1=O. The molecule has 2 aromatic heterocycles. The number of carbonyl (C=O) groups is 1. The van der Waals surface area contributed by atoms with Gasteiger partial charge >= 0.3 is 5.69 Å². The third-order valence-corrected chi connectivity index (χ3v) is 5.78. The molecule has 0 saturated heterocycles. The molecule has 0 saturated carbocycles. The lowest BCUT2D eigenvalue weighted by Crippen LogP contribution is -2.23. The Bertz CT molecular complexity index is 1010. The molecule has 1 N–H and O–H groups in total. The number of ether oxygens (including phenoxy) is 1. The molecule has 148 valence electrons. The Kier molecular flexibility index (Phi) is 6.53. The Hall–Kier alpha value is -2.59. The molecular formula is C18H21N5O3S2. The van der Waals surface area contributed by atoms with Gasteiger partial charge in [0.1, 0.15) is 5.75 Å². The minimum absolute atomic E-state index is 0.151. The maximum absolute atomic E-state index is 12.3. The number of rotatable bonds is 8. The number of nitrogens with one attached hydrogen (secondary N) is 1. The third kappa shape index (κ3) is 4.28. The molecule has 8 nitrogen and oxygen atoms in total. The highest BCUT2D eigenvalue weighted by Crippen LogP contribution is 2.36. The summed E-state index contributed by atoms with van der Waals surface area (Å²) < 4.78 is 7.00. The predicted molar refractivity (Wildman–Crippen MR) is 111 cm³/mol. The molecular weight excluding hydrogens is 398 g/mol. The van der Waals surface area contributed by atoms with Gasteiger partial charge in [0.25, 0.3) is 0 Å². The summed E-state index contributed by atoms with van der Waals surface area (Å²) >= 11 is 2.82. The first-order valence-corrected chi connectivity index (χ1v) is 10.6. The van der Waals surface area contributed by atoms with Crippen LogP contribution in [0.2, 0.25) is 0 Å². The Labute approximate surface area is 170 Å². The molecule has 1 amide bonds. The van der Waals surface area contributed by atoms with Gasteiger partial charge in [-0.3, -0.25) is 14.3 Å². The topological polar surface area (TPSA) is 93.1 Å². The summed E-state index contributed by atoms with van der Waals surface area (Å²) in [7, 11) is 1.57. The van der Waals surface area contributed by atoms with E-state index < -0.39 is 0 Å². The van der Waals surface area contributed by atoms with Crippen molar-refractivity contribution in [3.05, 3.63) is 45.8 Å². The molecule has 0 fully saturated rings. The Morgan fingerprint density at radius 1 is 1.39 bits per heavy atom. The zero-order chi connectivity index (χ0) is 20.1. The van der Waals surface area contributed by atoms with Gasteiger partial charge in [0.15, 0.2) is 10.3 Å². The molecule has 0 aliphatic rings. The lowest BCUT2D eigenvalue weighted by atomic mass is 10.2. The monoisotopic (exact) mass is 419 g/mol. The van der Waals surface area contributed by atoms with Crippen molar-refractivity contribution in [1.29, 1.82) is 0 Å². The van der Waals surface area contributed by atoms with E-state index in [9.17, 15) is 9.59 Å². The van der Waals surface area contributed by atoms with Crippen LogP contribution < -0.4 is 15.3 Å². The molecule has 3 aromatic rings. The van der Waals surface area contributed by atoms with E-state index in [-0.39, 0.29) is 11.6 Å². The standard InChI is InChI=1S/C18H21N5O3S2/c1-4-9-22-16(25)20-21-18(22)28-11-13-10-27-17(19-13)23(12(2)24)14-7-5-6-8-15(14)26-3/h5-8,10H,4,9,11H2,1-3H3,(H,20,25). The minimum atomic E-state index is -0.206. The van der Waals surface area contributed by atoms with Crippen LogP contribution in [-0.2, 0) is 17.1 Å². The van der Waals surface area contributed by atoms with Crippen LogP contribution >= 0.6 is 23.1 Å². The van der Waals surface area contributed by atoms with E-state index in [0.717, 1.165) is 12.1 Å². The lowest BCUT2D eigenvalue weighted by molar-refractivity contribution is -0.115. The fourth-order valence-corrected chi connectivity index (χ4v) is 4.51. The van der Waals surface area contributed by atoms with Crippen molar-refractivity contribution in [2.75, 3.05) is 12.0 Å². The minimum Gasteiger partial charge on any atom is -0.495 e. The van der Waals surface area contributed by atoms with E-state index in [1.165, 1.54) is 30.0 Å². The Morgan fingerprint density at radius 3 is 2.89 bits per heavy atom. The Morgan fingerprint density at radius 2 is 2.18 bits per heavy atom. The third-order valence-electron chi connectivity index (χ3n) is 3.89. The second-order valence-corrected chi connectivity index (χ2v) is 7.68. The van der Waals surface area contributed by atoms with Gasteiger partial charge < -0.3 is 4.74 Å². The lowest BCUT2D eigenvalue weighted by Gasteiger charge is -2.20. The van der Waals surface area contributed by atoms with Crippen molar-refractivity contribution in [2.24, 2.45) is 0 Å². The molecule has 0 spiro atoms. The number of aromatic amines is 1. The first-order chi connectivity index (χ1) is 13.5. The van der Waals surface area contributed by atoms with E-state index >= 15 is 0 Å². The number of thiazole rings is 1. The number of thioether (sulfide) groups is 1. The summed E-state index contributed by atoms with van der Waals surface area (Å²) in [6.45, 7) is 4.12. The molecule has 0 bridgehead atoms. The van der Waals surface area contributed by atoms with Crippen molar-refractivity contribution in [3.63, 3.8) is 0 Å². The van der Waals surface area contributed by atoms with Crippen LogP contribution in [0.25, 0.3) is 0 Å². The first-order valence-electron chi connectivity index (χ1n) is 8.71. The molecule has 0 radical (unpaired) electrons. The normalized spacial score (nSPS) is 10.8. The molecule has 28 heavy (non-hydrogen) atoms. The molecule has 10 heteroatoms. The first kappa shape index (κ1) is 20.2. The fraction of sp³-hybridized carbons (Fsp3) is 0.333. The van der Waals surface area contributed by atoms with E-state index in [0.29, 0.717) is 34.0 Å². The maximum atomic E-state index is 12.3. The summed E-state index contributed by atoms with van der Waals surface area (Å²) in [5.41, 5.74) is 1.25.